The maximum atomic E-state index is 6.81. The van der Waals surface area contributed by atoms with Gasteiger partial charge in [0.25, 0.3) is 0 Å². The number of hydrogen-bond donors (Lipinski definition) is 0. The first-order chi connectivity index (χ1) is 25.8. The van der Waals surface area contributed by atoms with Gasteiger partial charge in [0.2, 0.25) is 0 Å². The fraction of sp³-hybridized carbons (Fsp3) is 0. The molecule has 0 aliphatic heterocycles. The standard InChI is InChI=1S/C48H29N3O/c1-3-14-31(15-4-1)40-29-41(33-24-23-30-13-7-8-16-32(30)27-33)50-48(49-40)39-28-43-45(38-20-9-11-21-42(38)51(43)34-17-5-2-6-18-34)46-36(39)25-26-37-35-19-10-12-22-44(35)52-47(37)46/h1-29H. The van der Waals surface area contributed by atoms with Crippen molar-refractivity contribution < 1.29 is 4.42 Å². The van der Waals surface area contributed by atoms with Crippen LogP contribution in [0.25, 0.3) is 105 Å². The van der Waals surface area contributed by atoms with Crippen molar-refractivity contribution >= 4 is 65.3 Å². The fourth-order valence-corrected chi connectivity index (χ4v) is 8.00. The van der Waals surface area contributed by atoms with Gasteiger partial charge in [-0.1, -0.05) is 127 Å². The molecule has 4 nitrogen and oxygen atoms in total. The lowest BCUT2D eigenvalue weighted by Gasteiger charge is -2.14. The Bertz CT molecular complexity index is 3180. The highest BCUT2D eigenvalue weighted by molar-refractivity contribution is 6.31. The third-order valence-corrected chi connectivity index (χ3v) is 10.4. The molecule has 4 heteroatoms. The number of nitrogens with zero attached hydrogens (tertiary/aromatic N) is 3. The van der Waals surface area contributed by atoms with E-state index in [4.69, 9.17) is 14.4 Å². The predicted molar refractivity (Wildman–Crippen MR) is 215 cm³/mol. The molecule has 11 rings (SSSR count). The number of para-hydroxylation sites is 3. The normalized spacial score (nSPS) is 11.8. The number of benzene rings is 8. The highest BCUT2D eigenvalue weighted by atomic mass is 16.3. The van der Waals surface area contributed by atoms with Crippen LogP contribution in [0.1, 0.15) is 0 Å². The molecular formula is C48H29N3O. The van der Waals surface area contributed by atoms with E-state index in [1.165, 1.54) is 16.2 Å². The maximum absolute atomic E-state index is 6.81. The average molecular weight is 664 g/mol. The van der Waals surface area contributed by atoms with E-state index in [9.17, 15) is 0 Å². The maximum Gasteiger partial charge on any atom is 0.161 e. The van der Waals surface area contributed by atoms with Crippen molar-refractivity contribution in [2.75, 3.05) is 0 Å². The van der Waals surface area contributed by atoms with Crippen molar-refractivity contribution in [1.82, 2.24) is 14.5 Å². The van der Waals surface area contributed by atoms with Gasteiger partial charge < -0.3 is 8.98 Å². The van der Waals surface area contributed by atoms with E-state index >= 15 is 0 Å². The van der Waals surface area contributed by atoms with E-state index in [0.717, 1.165) is 82.9 Å². The van der Waals surface area contributed by atoms with Gasteiger partial charge in [0, 0.05) is 49.3 Å². The quantitative estimate of drug-likeness (QED) is 0.188. The molecule has 0 fully saturated rings. The Morgan fingerprint density at radius 2 is 1.10 bits per heavy atom. The minimum atomic E-state index is 0.664. The van der Waals surface area contributed by atoms with Gasteiger partial charge in [-0.3, -0.25) is 0 Å². The van der Waals surface area contributed by atoms with Crippen molar-refractivity contribution in [3.63, 3.8) is 0 Å². The van der Waals surface area contributed by atoms with Gasteiger partial charge in [-0.2, -0.15) is 0 Å². The lowest BCUT2D eigenvalue weighted by molar-refractivity contribution is 0.673. The van der Waals surface area contributed by atoms with Crippen molar-refractivity contribution in [2.45, 2.75) is 0 Å². The van der Waals surface area contributed by atoms with E-state index in [1.807, 2.05) is 12.1 Å². The lowest BCUT2D eigenvalue weighted by Crippen LogP contribution is -1.98. The monoisotopic (exact) mass is 663 g/mol. The summed E-state index contributed by atoms with van der Waals surface area (Å²) in [6, 6.07) is 61.8. The van der Waals surface area contributed by atoms with Gasteiger partial charge in [0.15, 0.2) is 5.82 Å². The van der Waals surface area contributed by atoms with Gasteiger partial charge in [-0.15, -0.1) is 0 Å². The van der Waals surface area contributed by atoms with Gasteiger partial charge in [0.1, 0.15) is 11.2 Å². The zero-order valence-corrected chi connectivity index (χ0v) is 28.0. The molecule has 52 heavy (non-hydrogen) atoms. The zero-order chi connectivity index (χ0) is 34.2. The molecule has 0 aliphatic rings. The summed E-state index contributed by atoms with van der Waals surface area (Å²) in [5.74, 6) is 0.664. The summed E-state index contributed by atoms with van der Waals surface area (Å²) in [6.07, 6.45) is 0. The van der Waals surface area contributed by atoms with Gasteiger partial charge in [-0.05, 0) is 64.7 Å². The highest BCUT2D eigenvalue weighted by Gasteiger charge is 2.23. The van der Waals surface area contributed by atoms with E-state index in [2.05, 4.69) is 168 Å². The predicted octanol–water partition coefficient (Wildman–Crippen LogP) is 12.8. The molecule has 0 amide bonds. The Balaban J connectivity index is 1.30. The number of aromatic nitrogens is 3. The van der Waals surface area contributed by atoms with Gasteiger partial charge in [-0.25, -0.2) is 9.97 Å². The van der Waals surface area contributed by atoms with Crippen LogP contribution in [-0.2, 0) is 0 Å². The molecule has 0 atom stereocenters. The Kier molecular flexibility index (Phi) is 6.22. The number of hydrogen-bond acceptors (Lipinski definition) is 3. The summed E-state index contributed by atoms with van der Waals surface area (Å²) in [6.45, 7) is 0. The van der Waals surface area contributed by atoms with Gasteiger partial charge in [0.05, 0.1) is 22.4 Å². The SMILES string of the molecule is c1ccc(-c2cc(-c3ccc4ccccc4c3)nc(-c3cc4c(c5ccccc5n4-c4ccccc4)c4c3ccc3c5ccccc5oc34)n2)cc1. The summed E-state index contributed by atoms with van der Waals surface area (Å²) in [5.41, 5.74) is 9.81. The first kappa shape index (κ1) is 28.8. The smallest absolute Gasteiger partial charge is 0.161 e. The van der Waals surface area contributed by atoms with Crippen molar-refractivity contribution in [3.05, 3.63) is 176 Å². The Morgan fingerprint density at radius 1 is 0.423 bits per heavy atom. The molecule has 8 aromatic carbocycles. The first-order valence-electron chi connectivity index (χ1n) is 17.6. The lowest BCUT2D eigenvalue weighted by atomic mass is 9.96. The molecule has 11 aromatic rings. The van der Waals surface area contributed by atoms with Crippen LogP contribution in [0.2, 0.25) is 0 Å². The fourth-order valence-electron chi connectivity index (χ4n) is 8.00. The molecule has 0 bridgehead atoms. The summed E-state index contributed by atoms with van der Waals surface area (Å²) < 4.78 is 9.17. The third kappa shape index (κ3) is 4.34. The van der Waals surface area contributed by atoms with Crippen LogP contribution in [0, 0.1) is 0 Å². The van der Waals surface area contributed by atoms with E-state index in [1.54, 1.807) is 0 Å². The first-order valence-corrected chi connectivity index (χ1v) is 17.6. The molecule has 0 unspecified atom stereocenters. The largest absolute Gasteiger partial charge is 0.455 e. The summed E-state index contributed by atoms with van der Waals surface area (Å²) in [5, 5.41) is 8.99. The molecule has 0 aliphatic carbocycles. The molecule has 0 saturated heterocycles. The second kappa shape index (κ2) is 11.2. The second-order valence-corrected chi connectivity index (χ2v) is 13.4. The van der Waals surface area contributed by atoms with Crippen molar-refractivity contribution in [1.29, 1.82) is 0 Å². The molecule has 242 valence electrons. The van der Waals surface area contributed by atoms with Crippen molar-refractivity contribution in [2.24, 2.45) is 0 Å². The van der Waals surface area contributed by atoms with E-state index in [-0.39, 0.29) is 0 Å². The topological polar surface area (TPSA) is 43.9 Å². The van der Waals surface area contributed by atoms with Crippen LogP contribution < -0.4 is 0 Å². The molecule has 0 saturated carbocycles. The van der Waals surface area contributed by atoms with Crippen LogP contribution in [0.15, 0.2) is 180 Å². The molecule has 0 radical (unpaired) electrons. The van der Waals surface area contributed by atoms with Crippen LogP contribution in [0.3, 0.4) is 0 Å². The summed E-state index contributed by atoms with van der Waals surface area (Å²) in [7, 11) is 0. The summed E-state index contributed by atoms with van der Waals surface area (Å²) >= 11 is 0. The second-order valence-electron chi connectivity index (χ2n) is 13.4. The van der Waals surface area contributed by atoms with Crippen molar-refractivity contribution in [3.8, 4) is 39.6 Å². The highest BCUT2D eigenvalue weighted by Crippen LogP contribution is 2.45. The Hall–Kier alpha value is -7.04. The molecule has 0 N–H and O–H groups in total. The minimum absolute atomic E-state index is 0.664. The number of fused-ring (bicyclic) bond motifs is 10. The van der Waals surface area contributed by atoms with Gasteiger partial charge >= 0.3 is 0 Å². The molecule has 0 spiro atoms. The zero-order valence-electron chi connectivity index (χ0n) is 28.0. The average Bonchev–Trinajstić information content (AvgIpc) is 3.77. The van der Waals surface area contributed by atoms with Crippen LogP contribution in [0.4, 0.5) is 0 Å². The van der Waals surface area contributed by atoms with Crippen LogP contribution in [-0.4, -0.2) is 14.5 Å². The van der Waals surface area contributed by atoms with Crippen LogP contribution in [0.5, 0.6) is 0 Å². The minimum Gasteiger partial charge on any atom is -0.455 e. The van der Waals surface area contributed by atoms with E-state index in [0.29, 0.717) is 5.82 Å². The Morgan fingerprint density at radius 3 is 1.94 bits per heavy atom. The number of rotatable bonds is 4. The van der Waals surface area contributed by atoms with E-state index < -0.39 is 0 Å². The van der Waals surface area contributed by atoms with Crippen LogP contribution >= 0.6 is 0 Å². The molecule has 3 aromatic heterocycles. The number of furan rings is 1. The summed E-state index contributed by atoms with van der Waals surface area (Å²) in [4.78, 5) is 10.7. The molecule has 3 heterocycles. The molecular weight excluding hydrogens is 635 g/mol. The third-order valence-electron chi connectivity index (χ3n) is 10.4. The Labute approximate surface area is 298 Å².